The molecule has 0 aromatic heterocycles. The SMILES string of the molecule is CC(C)OCO[C@]1(C(=O)CO)CC[C@H]2[C@@H]3CCC4=CC(=O)C=C[C@]4(C)[C@H]3C(O)C[C@@]21C. The highest BCUT2D eigenvalue weighted by molar-refractivity contribution is 6.01. The molecule has 172 valence electrons. The van der Waals surface area contributed by atoms with Gasteiger partial charge in [0.2, 0.25) is 0 Å². The largest absolute Gasteiger partial charge is 0.393 e. The van der Waals surface area contributed by atoms with Gasteiger partial charge in [0.15, 0.2) is 11.6 Å². The van der Waals surface area contributed by atoms with E-state index in [0.717, 1.165) is 24.8 Å². The van der Waals surface area contributed by atoms with E-state index in [4.69, 9.17) is 9.47 Å². The highest BCUT2D eigenvalue weighted by Gasteiger charge is 2.69. The Kier molecular flexibility index (Phi) is 5.83. The molecule has 4 rings (SSSR count). The number of hydrogen-bond donors (Lipinski definition) is 2. The predicted molar refractivity (Wildman–Crippen MR) is 115 cm³/mol. The lowest BCUT2D eigenvalue weighted by Crippen LogP contribution is -2.62. The summed E-state index contributed by atoms with van der Waals surface area (Å²) in [4.78, 5) is 25.1. The maximum atomic E-state index is 13.1. The van der Waals surface area contributed by atoms with Gasteiger partial charge >= 0.3 is 0 Å². The molecule has 0 radical (unpaired) electrons. The molecule has 31 heavy (non-hydrogen) atoms. The Morgan fingerprint density at radius 1 is 1.29 bits per heavy atom. The lowest BCUT2D eigenvalue weighted by Gasteiger charge is -2.60. The first-order chi connectivity index (χ1) is 14.6. The molecule has 4 aliphatic carbocycles. The summed E-state index contributed by atoms with van der Waals surface area (Å²) in [5.41, 5.74) is -0.964. The Morgan fingerprint density at radius 2 is 2.03 bits per heavy atom. The van der Waals surface area contributed by atoms with Crippen molar-refractivity contribution >= 4 is 11.6 Å². The zero-order chi connectivity index (χ0) is 22.6. The summed E-state index contributed by atoms with van der Waals surface area (Å²) in [6.07, 6.45) is 8.19. The van der Waals surface area contributed by atoms with Gasteiger partial charge in [-0.05, 0) is 69.9 Å². The fourth-order valence-electron chi connectivity index (χ4n) is 7.49. The molecule has 3 saturated carbocycles. The van der Waals surface area contributed by atoms with Gasteiger partial charge in [-0.25, -0.2) is 0 Å². The number of ether oxygens (including phenoxy) is 2. The Balaban J connectivity index is 1.69. The van der Waals surface area contributed by atoms with Crippen molar-refractivity contribution in [2.75, 3.05) is 13.4 Å². The van der Waals surface area contributed by atoms with Gasteiger partial charge in [-0.2, -0.15) is 0 Å². The molecule has 6 nitrogen and oxygen atoms in total. The maximum absolute atomic E-state index is 13.1. The van der Waals surface area contributed by atoms with Crippen LogP contribution in [0.1, 0.15) is 59.8 Å². The fourth-order valence-corrected chi connectivity index (χ4v) is 7.49. The van der Waals surface area contributed by atoms with E-state index in [9.17, 15) is 19.8 Å². The van der Waals surface area contributed by atoms with Crippen LogP contribution in [0.2, 0.25) is 0 Å². The average Bonchev–Trinajstić information content (AvgIpc) is 3.00. The van der Waals surface area contributed by atoms with Crippen molar-refractivity contribution in [1.29, 1.82) is 0 Å². The molecule has 0 bridgehead atoms. The Labute approximate surface area is 184 Å². The number of rotatable bonds is 6. The molecule has 6 heteroatoms. The highest BCUT2D eigenvalue weighted by Crippen LogP contribution is 2.67. The van der Waals surface area contributed by atoms with E-state index in [2.05, 4.69) is 13.8 Å². The summed E-state index contributed by atoms with van der Waals surface area (Å²) in [6, 6.07) is 0. The molecule has 0 aromatic rings. The van der Waals surface area contributed by atoms with Gasteiger partial charge in [0.25, 0.3) is 0 Å². The van der Waals surface area contributed by atoms with Crippen LogP contribution in [0, 0.1) is 28.6 Å². The second-order valence-electron chi connectivity index (χ2n) is 10.6. The van der Waals surface area contributed by atoms with Crippen molar-refractivity contribution in [2.24, 2.45) is 28.6 Å². The van der Waals surface area contributed by atoms with E-state index in [0.29, 0.717) is 12.8 Å². The second kappa shape index (κ2) is 7.91. The van der Waals surface area contributed by atoms with Crippen LogP contribution in [0.25, 0.3) is 0 Å². The molecule has 1 unspecified atom stereocenters. The van der Waals surface area contributed by atoms with Crippen molar-refractivity contribution in [3.05, 3.63) is 23.8 Å². The van der Waals surface area contributed by atoms with Crippen LogP contribution in [0.4, 0.5) is 0 Å². The Morgan fingerprint density at radius 3 is 2.71 bits per heavy atom. The summed E-state index contributed by atoms with van der Waals surface area (Å²) >= 11 is 0. The van der Waals surface area contributed by atoms with Gasteiger partial charge in [-0.1, -0.05) is 25.5 Å². The lowest BCUT2D eigenvalue weighted by molar-refractivity contribution is -0.222. The number of Topliss-reactive ketones (excluding diaryl/α,β-unsaturated/α-hetero) is 1. The molecule has 0 heterocycles. The maximum Gasteiger partial charge on any atom is 0.190 e. The number of carbonyl (C=O) groups excluding carboxylic acids is 2. The van der Waals surface area contributed by atoms with Crippen LogP contribution >= 0.6 is 0 Å². The molecule has 0 aliphatic heterocycles. The lowest BCUT2D eigenvalue weighted by atomic mass is 9.46. The predicted octanol–water partition coefficient (Wildman–Crippen LogP) is 2.96. The number of aliphatic hydroxyl groups is 2. The van der Waals surface area contributed by atoms with Crippen molar-refractivity contribution in [3.63, 3.8) is 0 Å². The zero-order valence-corrected chi connectivity index (χ0v) is 19.1. The molecular weight excluding hydrogens is 396 g/mol. The highest BCUT2D eigenvalue weighted by atomic mass is 16.7. The Hall–Kier alpha value is -1.34. The third-order valence-electron chi connectivity index (χ3n) is 8.92. The molecule has 4 aliphatic rings. The van der Waals surface area contributed by atoms with Gasteiger partial charge in [0, 0.05) is 16.7 Å². The molecule has 0 spiro atoms. The standard InChI is InChI=1S/C25H36O6/c1-15(2)30-14-31-25(21(29)13-26)10-8-19-18-6-5-16-11-17(27)7-9-23(16,3)22(18)20(28)12-24(19,25)4/h7,9,11,15,18-20,22,26,28H,5-6,8,10,12-14H2,1-4H3/t18-,19-,20?,22+,23-,24-,25-/m0/s1. The van der Waals surface area contributed by atoms with Crippen molar-refractivity contribution in [3.8, 4) is 0 Å². The van der Waals surface area contributed by atoms with Crippen LogP contribution in [-0.2, 0) is 19.1 Å². The number of carbonyl (C=O) groups is 2. The van der Waals surface area contributed by atoms with E-state index in [1.807, 2.05) is 19.9 Å². The van der Waals surface area contributed by atoms with Crippen LogP contribution in [-0.4, -0.2) is 53.0 Å². The van der Waals surface area contributed by atoms with Crippen LogP contribution < -0.4 is 0 Å². The van der Waals surface area contributed by atoms with Crippen LogP contribution in [0.15, 0.2) is 23.8 Å². The number of ketones is 2. The van der Waals surface area contributed by atoms with E-state index in [-0.39, 0.29) is 47.6 Å². The summed E-state index contributed by atoms with van der Waals surface area (Å²) in [6.45, 7) is 7.43. The van der Waals surface area contributed by atoms with Crippen molar-refractivity contribution in [2.45, 2.75) is 77.6 Å². The second-order valence-corrected chi connectivity index (χ2v) is 10.6. The number of hydrogen-bond acceptors (Lipinski definition) is 6. The summed E-state index contributed by atoms with van der Waals surface area (Å²) in [5.74, 6) is 0.118. The molecule has 3 fully saturated rings. The van der Waals surface area contributed by atoms with E-state index >= 15 is 0 Å². The number of fused-ring (bicyclic) bond motifs is 5. The van der Waals surface area contributed by atoms with Crippen LogP contribution in [0.3, 0.4) is 0 Å². The molecule has 7 atom stereocenters. The number of allylic oxidation sites excluding steroid dienone is 4. The summed E-state index contributed by atoms with van der Waals surface area (Å²) in [7, 11) is 0. The minimum Gasteiger partial charge on any atom is -0.393 e. The first-order valence-electron chi connectivity index (χ1n) is 11.6. The molecular formula is C25H36O6. The third-order valence-corrected chi connectivity index (χ3v) is 8.92. The van der Waals surface area contributed by atoms with Gasteiger partial charge < -0.3 is 19.7 Å². The first-order valence-corrected chi connectivity index (χ1v) is 11.6. The molecule has 0 aromatic carbocycles. The molecule has 0 saturated heterocycles. The summed E-state index contributed by atoms with van der Waals surface area (Å²) in [5, 5.41) is 21.3. The van der Waals surface area contributed by atoms with Crippen molar-refractivity contribution in [1.82, 2.24) is 0 Å². The normalized spacial score (nSPS) is 44.0. The van der Waals surface area contributed by atoms with Crippen LogP contribution in [0.5, 0.6) is 0 Å². The first kappa shape index (κ1) is 22.8. The van der Waals surface area contributed by atoms with Gasteiger partial charge in [0.1, 0.15) is 19.0 Å². The third kappa shape index (κ3) is 3.29. The van der Waals surface area contributed by atoms with E-state index < -0.39 is 23.7 Å². The smallest absolute Gasteiger partial charge is 0.190 e. The van der Waals surface area contributed by atoms with E-state index in [1.54, 1.807) is 12.2 Å². The van der Waals surface area contributed by atoms with Crippen molar-refractivity contribution < 1.29 is 29.3 Å². The van der Waals surface area contributed by atoms with Gasteiger partial charge in [-0.15, -0.1) is 0 Å². The monoisotopic (exact) mass is 432 g/mol. The summed E-state index contributed by atoms with van der Waals surface area (Å²) < 4.78 is 11.8. The van der Waals surface area contributed by atoms with Gasteiger partial charge in [0.05, 0.1) is 12.2 Å². The van der Waals surface area contributed by atoms with Gasteiger partial charge in [-0.3, -0.25) is 9.59 Å². The molecule has 0 amide bonds. The minimum absolute atomic E-state index is 0.00173. The number of aliphatic hydroxyl groups excluding tert-OH is 2. The average molecular weight is 433 g/mol. The fraction of sp³-hybridized carbons (Fsp3) is 0.760. The Bertz CT molecular complexity index is 815. The zero-order valence-electron chi connectivity index (χ0n) is 19.1. The van der Waals surface area contributed by atoms with E-state index in [1.165, 1.54) is 0 Å². The minimum atomic E-state index is -1.15. The topological polar surface area (TPSA) is 93.1 Å². The quantitative estimate of drug-likeness (QED) is 0.627. The molecule has 2 N–H and O–H groups in total.